The molecule has 4 rings (SSSR count). The molecule has 4 aromatic rings. The summed E-state index contributed by atoms with van der Waals surface area (Å²) in [7, 11) is 0. The molecule has 0 bridgehead atoms. The molecule has 0 amide bonds. The average molecular weight is 285 g/mol. The van der Waals surface area contributed by atoms with Crippen molar-refractivity contribution >= 4 is 11.1 Å². The molecule has 0 spiro atoms. The van der Waals surface area contributed by atoms with Crippen LogP contribution in [0.4, 0.5) is 0 Å². The number of nitrogens with zero attached hydrogens (tertiary/aromatic N) is 1. The predicted molar refractivity (Wildman–Crippen MR) is 89.6 cm³/mol. The molecule has 106 valence electrons. The lowest BCUT2D eigenvalue weighted by Gasteiger charge is -1.99. The summed E-state index contributed by atoms with van der Waals surface area (Å²) >= 11 is 0. The number of hydrogen-bond acceptors (Lipinski definition) is 2. The van der Waals surface area contributed by atoms with Crippen LogP contribution < -0.4 is 0 Å². The quantitative estimate of drug-likeness (QED) is 0.488. The third-order valence-electron chi connectivity index (χ3n) is 3.91. The van der Waals surface area contributed by atoms with Crippen LogP contribution in [0.2, 0.25) is 0 Å². The fourth-order valence-corrected chi connectivity index (χ4v) is 2.73. The van der Waals surface area contributed by atoms with Crippen LogP contribution in [0.15, 0.2) is 77.2 Å². The summed E-state index contributed by atoms with van der Waals surface area (Å²) in [4.78, 5) is 4.69. The lowest BCUT2D eigenvalue weighted by atomic mass is 10.1. The van der Waals surface area contributed by atoms with Gasteiger partial charge in [-0.1, -0.05) is 60.7 Å². The van der Waals surface area contributed by atoms with Gasteiger partial charge in [0.2, 0.25) is 5.71 Å². The number of aryl methyl sites for hydroxylation is 1. The van der Waals surface area contributed by atoms with Gasteiger partial charge in [0.25, 0.3) is 0 Å². The zero-order valence-corrected chi connectivity index (χ0v) is 12.3. The summed E-state index contributed by atoms with van der Waals surface area (Å²) in [6, 6.07) is 24.5. The van der Waals surface area contributed by atoms with Crippen LogP contribution >= 0.6 is 0 Å². The van der Waals surface area contributed by atoms with E-state index in [1.54, 1.807) is 0 Å². The molecule has 0 N–H and O–H groups in total. The van der Waals surface area contributed by atoms with Gasteiger partial charge >= 0.3 is 0 Å². The largest absolute Gasteiger partial charge is 0.437 e. The molecule has 0 radical (unpaired) electrons. The summed E-state index contributed by atoms with van der Waals surface area (Å²) in [5.74, 6) is 0.897. The van der Waals surface area contributed by atoms with Crippen molar-refractivity contribution in [3.05, 3.63) is 78.4 Å². The Balaban J connectivity index is 1.88. The van der Waals surface area contributed by atoms with E-state index in [-0.39, 0.29) is 0 Å². The average Bonchev–Trinajstić information content (AvgIpc) is 2.93. The Morgan fingerprint density at radius 3 is 2.05 bits per heavy atom. The SMILES string of the molecule is Cc1c(-c2ccccc2)oc2nc(-c3ccccc3)ccc12. The molecule has 0 saturated heterocycles. The second-order valence-electron chi connectivity index (χ2n) is 5.34. The molecule has 0 atom stereocenters. The van der Waals surface area contributed by atoms with Crippen LogP contribution in [0.1, 0.15) is 5.56 Å². The molecule has 0 unspecified atom stereocenters. The third-order valence-corrected chi connectivity index (χ3v) is 3.91. The van der Waals surface area contributed by atoms with E-state index in [4.69, 9.17) is 4.42 Å². The molecule has 2 aromatic heterocycles. The van der Waals surface area contributed by atoms with E-state index >= 15 is 0 Å². The zero-order chi connectivity index (χ0) is 14.9. The summed E-state index contributed by atoms with van der Waals surface area (Å²) in [6.45, 7) is 2.08. The van der Waals surface area contributed by atoms with Crippen LogP contribution in [0.25, 0.3) is 33.7 Å². The van der Waals surface area contributed by atoms with Crippen molar-refractivity contribution in [3.63, 3.8) is 0 Å². The number of pyridine rings is 1. The predicted octanol–water partition coefficient (Wildman–Crippen LogP) is 5.47. The molecule has 22 heavy (non-hydrogen) atoms. The van der Waals surface area contributed by atoms with Gasteiger partial charge in [-0.3, -0.25) is 0 Å². The zero-order valence-electron chi connectivity index (χ0n) is 12.3. The number of furan rings is 1. The Morgan fingerprint density at radius 1 is 0.727 bits per heavy atom. The lowest BCUT2D eigenvalue weighted by Crippen LogP contribution is -1.82. The van der Waals surface area contributed by atoms with Gasteiger partial charge in [0, 0.05) is 22.1 Å². The first-order valence-electron chi connectivity index (χ1n) is 7.34. The Kier molecular flexibility index (Phi) is 3.01. The van der Waals surface area contributed by atoms with Gasteiger partial charge in [0.15, 0.2) is 0 Å². The monoisotopic (exact) mass is 285 g/mol. The minimum Gasteiger partial charge on any atom is -0.437 e. The molecule has 2 heteroatoms. The Morgan fingerprint density at radius 2 is 1.36 bits per heavy atom. The van der Waals surface area contributed by atoms with Gasteiger partial charge in [0.1, 0.15) is 5.76 Å². The van der Waals surface area contributed by atoms with E-state index in [1.807, 2.05) is 36.4 Å². The number of rotatable bonds is 2. The van der Waals surface area contributed by atoms with E-state index in [1.165, 1.54) is 0 Å². The van der Waals surface area contributed by atoms with Crippen LogP contribution in [-0.4, -0.2) is 4.98 Å². The second kappa shape index (κ2) is 5.15. The maximum atomic E-state index is 6.04. The number of fused-ring (bicyclic) bond motifs is 1. The molecule has 0 fully saturated rings. The Labute approximate surface area is 129 Å². The first-order chi connectivity index (χ1) is 10.8. The Bertz CT molecular complexity index is 924. The number of hydrogen-bond donors (Lipinski definition) is 0. The van der Waals surface area contributed by atoms with E-state index in [9.17, 15) is 0 Å². The second-order valence-corrected chi connectivity index (χ2v) is 5.34. The van der Waals surface area contributed by atoms with Crippen LogP contribution in [0.5, 0.6) is 0 Å². The van der Waals surface area contributed by atoms with Crippen LogP contribution in [0.3, 0.4) is 0 Å². The van der Waals surface area contributed by atoms with Crippen molar-refractivity contribution in [2.24, 2.45) is 0 Å². The fourth-order valence-electron chi connectivity index (χ4n) is 2.73. The number of benzene rings is 2. The molecular weight excluding hydrogens is 270 g/mol. The highest BCUT2D eigenvalue weighted by atomic mass is 16.3. The Hall–Kier alpha value is -2.87. The summed E-state index contributed by atoms with van der Waals surface area (Å²) in [6.07, 6.45) is 0. The first-order valence-corrected chi connectivity index (χ1v) is 7.34. The van der Waals surface area contributed by atoms with Crippen molar-refractivity contribution in [2.45, 2.75) is 6.92 Å². The third kappa shape index (κ3) is 2.09. The highest BCUT2D eigenvalue weighted by Gasteiger charge is 2.13. The van der Waals surface area contributed by atoms with Crippen molar-refractivity contribution in [3.8, 4) is 22.6 Å². The maximum absolute atomic E-state index is 6.04. The highest BCUT2D eigenvalue weighted by molar-refractivity contribution is 5.86. The molecule has 2 heterocycles. The van der Waals surface area contributed by atoms with Gasteiger partial charge < -0.3 is 4.42 Å². The molecule has 0 aliphatic heterocycles. The molecule has 2 nitrogen and oxygen atoms in total. The van der Waals surface area contributed by atoms with E-state index < -0.39 is 0 Å². The van der Waals surface area contributed by atoms with Gasteiger partial charge in [-0.05, 0) is 19.1 Å². The van der Waals surface area contributed by atoms with Gasteiger partial charge in [-0.15, -0.1) is 0 Å². The lowest BCUT2D eigenvalue weighted by molar-refractivity contribution is 0.617. The van der Waals surface area contributed by atoms with E-state index in [0.29, 0.717) is 5.71 Å². The minimum atomic E-state index is 0.692. The maximum Gasteiger partial charge on any atom is 0.227 e. The van der Waals surface area contributed by atoms with Crippen LogP contribution in [0, 0.1) is 6.92 Å². The summed E-state index contributed by atoms with van der Waals surface area (Å²) in [5, 5.41) is 1.07. The van der Waals surface area contributed by atoms with Crippen molar-refractivity contribution < 1.29 is 4.42 Å². The molecule has 0 aliphatic carbocycles. The summed E-state index contributed by atoms with van der Waals surface area (Å²) < 4.78 is 6.04. The number of aromatic nitrogens is 1. The molecule has 0 saturated carbocycles. The standard InChI is InChI=1S/C20H15NO/c1-14-17-12-13-18(15-8-4-2-5-9-15)21-20(17)22-19(14)16-10-6-3-7-11-16/h2-13H,1H3. The van der Waals surface area contributed by atoms with Gasteiger partial charge in [-0.2, -0.15) is 0 Å². The molecular formula is C20H15NO. The van der Waals surface area contributed by atoms with E-state index in [0.717, 1.165) is 33.5 Å². The van der Waals surface area contributed by atoms with E-state index in [2.05, 4.69) is 48.3 Å². The van der Waals surface area contributed by atoms with Gasteiger partial charge in [0.05, 0.1) is 5.69 Å². The van der Waals surface area contributed by atoms with Crippen LogP contribution in [-0.2, 0) is 0 Å². The van der Waals surface area contributed by atoms with Crippen molar-refractivity contribution in [2.75, 3.05) is 0 Å². The normalized spacial score (nSPS) is 11.0. The highest BCUT2D eigenvalue weighted by Crippen LogP contribution is 2.33. The fraction of sp³-hybridized carbons (Fsp3) is 0.0500. The minimum absolute atomic E-state index is 0.692. The van der Waals surface area contributed by atoms with Crippen molar-refractivity contribution in [1.29, 1.82) is 0 Å². The first kappa shape index (κ1) is 12.8. The van der Waals surface area contributed by atoms with Crippen molar-refractivity contribution in [1.82, 2.24) is 4.98 Å². The molecule has 2 aromatic carbocycles. The van der Waals surface area contributed by atoms with Gasteiger partial charge in [-0.25, -0.2) is 4.98 Å². The smallest absolute Gasteiger partial charge is 0.227 e. The topological polar surface area (TPSA) is 26.0 Å². The molecule has 0 aliphatic rings. The summed E-state index contributed by atoms with van der Waals surface area (Å²) in [5.41, 5.74) is 4.94.